The molecule has 1 atom stereocenters. The standard InChI is InChI=1S/C10H10Cl2OS/c1-6(13)10(12)8-5-7(11)3-4-9(8)14-2/h3-5,10H,1-2H3. The minimum Gasteiger partial charge on any atom is -0.298 e. The molecule has 0 aliphatic carbocycles. The highest BCUT2D eigenvalue weighted by atomic mass is 35.5. The Kier molecular flexibility index (Phi) is 4.30. The number of rotatable bonds is 3. The van der Waals surface area contributed by atoms with Crippen LogP contribution in [0.25, 0.3) is 0 Å². The highest BCUT2D eigenvalue weighted by Gasteiger charge is 2.16. The number of Topliss-reactive ketones (excluding diaryl/α,β-unsaturated/α-hetero) is 1. The van der Waals surface area contributed by atoms with E-state index in [0.29, 0.717) is 5.02 Å². The Morgan fingerprint density at radius 3 is 2.64 bits per heavy atom. The predicted molar refractivity (Wildman–Crippen MR) is 62.5 cm³/mol. The van der Waals surface area contributed by atoms with Crippen LogP contribution in [0.15, 0.2) is 23.1 Å². The first-order valence-electron chi connectivity index (χ1n) is 4.04. The molecule has 0 heterocycles. The van der Waals surface area contributed by atoms with Gasteiger partial charge in [-0.3, -0.25) is 4.79 Å². The van der Waals surface area contributed by atoms with E-state index < -0.39 is 5.38 Å². The van der Waals surface area contributed by atoms with Crippen LogP contribution in [0.1, 0.15) is 17.9 Å². The summed E-state index contributed by atoms with van der Waals surface area (Å²) in [7, 11) is 0. The third-order valence-corrected chi connectivity index (χ3v) is 3.41. The van der Waals surface area contributed by atoms with Gasteiger partial charge in [-0.1, -0.05) is 11.6 Å². The fourth-order valence-electron chi connectivity index (χ4n) is 1.12. The summed E-state index contributed by atoms with van der Waals surface area (Å²) in [4.78, 5) is 12.1. The minimum absolute atomic E-state index is 0.0655. The lowest BCUT2D eigenvalue weighted by Gasteiger charge is -2.10. The normalized spacial score (nSPS) is 12.6. The van der Waals surface area contributed by atoms with Crippen molar-refractivity contribution >= 4 is 40.7 Å². The highest BCUT2D eigenvalue weighted by molar-refractivity contribution is 7.98. The van der Waals surface area contributed by atoms with E-state index in [1.807, 2.05) is 12.3 Å². The monoisotopic (exact) mass is 248 g/mol. The summed E-state index contributed by atoms with van der Waals surface area (Å²) in [6, 6.07) is 5.41. The topological polar surface area (TPSA) is 17.1 Å². The van der Waals surface area contributed by atoms with Crippen molar-refractivity contribution in [3.8, 4) is 0 Å². The number of ketones is 1. The Morgan fingerprint density at radius 2 is 2.14 bits per heavy atom. The number of hydrogen-bond acceptors (Lipinski definition) is 2. The molecule has 0 aromatic heterocycles. The first-order valence-corrected chi connectivity index (χ1v) is 6.08. The van der Waals surface area contributed by atoms with Crippen molar-refractivity contribution in [2.24, 2.45) is 0 Å². The smallest absolute Gasteiger partial charge is 0.152 e. The van der Waals surface area contributed by atoms with Gasteiger partial charge in [0.25, 0.3) is 0 Å². The van der Waals surface area contributed by atoms with Crippen molar-refractivity contribution in [1.29, 1.82) is 0 Å². The van der Waals surface area contributed by atoms with E-state index >= 15 is 0 Å². The lowest BCUT2D eigenvalue weighted by Crippen LogP contribution is -2.02. The molecule has 0 saturated carbocycles. The van der Waals surface area contributed by atoms with Crippen molar-refractivity contribution in [2.75, 3.05) is 6.26 Å². The lowest BCUT2D eigenvalue weighted by atomic mass is 10.1. The van der Waals surface area contributed by atoms with E-state index in [1.54, 1.807) is 23.9 Å². The molecule has 1 nitrogen and oxygen atoms in total. The van der Waals surface area contributed by atoms with Gasteiger partial charge in [-0.15, -0.1) is 23.4 Å². The van der Waals surface area contributed by atoms with Crippen LogP contribution in [0.3, 0.4) is 0 Å². The second-order valence-electron chi connectivity index (χ2n) is 2.86. The van der Waals surface area contributed by atoms with E-state index in [2.05, 4.69) is 0 Å². The van der Waals surface area contributed by atoms with E-state index in [0.717, 1.165) is 10.5 Å². The summed E-state index contributed by atoms with van der Waals surface area (Å²) in [5, 5.41) is 0.000787. The number of carbonyl (C=O) groups is 1. The summed E-state index contributed by atoms with van der Waals surface area (Å²) in [6.45, 7) is 1.47. The number of carbonyl (C=O) groups excluding carboxylic acids is 1. The molecule has 14 heavy (non-hydrogen) atoms. The van der Waals surface area contributed by atoms with Gasteiger partial charge in [0.2, 0.25) is 0 Å². The average Bonchev–Trinajstić information content (AvgIpc) is 2.16. The number of thioether (sulfide) groups is 1. The number of alkyl halides is 1. The van der Waals surface area contributed by atoms with Gasteiger partial charge in [0.1, 0.15) is 5.38 Å². The van der Waals surface area contributed by atoms with Gasteiger partial charge in [-0.05, 0) is 36.9 Å². The van der Waals surface area contributed by atoms with Crippen molar-refractivity contribution in [2.45, 2.75) is 17.2 Å². The van der Waals surface area contributed by atoms with Crippen LogP contribution in [0.4, 0.5) is 0 Å². The van der Waals surface area contributed by atoms with Gasteiger partial charge in [0.05, 0.1) is 0 Å². The quantitative estimate of drug-likeness (QED) is 0.596. The number of benzene rings is 1. The summed E-state index contributed by atoms with van der Waals surface area (Å²) >= 11 is 13.4. The maximum atomic E-state index is 11.1. The van der Waals surface area contributed by atoms with Crippen molar-refractivity contribution in [3.05, 3.63) is 28.8 Å². The molecule has 0 aliphatic heterocycles. The summed E-state index contributed by atoms with van der Waals surface area (Å²) in [5.41, 5.74) is 0.791. The van der Waals surface area contributed by atoms with E-state index in [-0.39, 0.29) is 5.78 Å². The van der Waals surface area contributed by atoms with Crippen LogP contribution in [-0.2, 0) is 4.79 Å². The Bertz CT molecular complexity index is 352. The van der Waals surface area contributed by atoms with Gasteiger partial charge in [0, 0.05) is 9.92 Å². The Balaban J connectivity index is 3.16. The molecule has 0 saturated heterocycles. The van der Waals surface area contributed by atoms with Crippen LogP contribution < -0.4 is 0 Å². The SMILES string of the molecule is CSc1ccc(Cl)cc1C(Cl)C(C)=O. The average molecular weight is 249 g/mol. The second kappa shape index (κ2) is 5.06. The highest BCUT2D eigenvalue weighted by Crippen LogP contribution is 2.32. The Morgan fingerprint density at radius 1 is 1.50 bits per heavy atom. The number of hydrogen-bond donors (Lipinski definition) is 0. The summed E-state index contributed by atoms with van der Waals surface area (Å²) in [6.07, 6.45) is 1.94. The van der Waals surface area contributed by atoms with E-state index in [9.17, 15) is 4.79 Å². The van der Waals surface area contributed by atoms with Gasteiger partial charge in [-0.25, -0.2) is 0 Å². The molecule has 1 unspecified atom stereocenters. The van der Waals surface area contributed by atoms with Crippen molar-refractivity contribution in [3.63, 3.8) is 0 Å². The zero-order valence-electron chi connectivity index (χ0n) is 7.88. The van der Waals surface area contributed by atoms with Crippen LogP contribution in [-0.4, -0.2) is 12.0 Å². The molecule has 1 rings (SSSR count). The largest absolute Gasteiger partial charge is 0.298 e. The molecule has 0 bridgehead atoms. The lowest BCUT2D eigenvalue weighted by molar-refractivity contribution is -0.116. The van der Waals surface area contributed by atoms with E-state index in [4.69, 9.17) is 23.2 Å². The first kappa shape index (κ1) is 11.9. The maximum absolute atomic E-state index is 11.1. The maximum Gasteiger partial charge on any atom is 0.152 e. The molecule has 0 aliphatic rings. The molecule has 76 valence electrons. The van der Waals surface area contributed by atoms with Gasteiger partial charge < -0.3 is 0 Å². The molecule has 4 heteroatoms. The summed E-state index contributed by atoms with van der Waals surface area (Å²) in [5.74, 6) is -0.0655. The van der Waals surface area contributed by atoms with Crippen LogP contribution in [0.5, 0.6) is 0 Å². The fraction of sp³-hybridized carbons (Fsp3) is 0.300. The zero-order chi connectivity index (χ0) is 10.7. The Labute approximate surface area is 97.8 Å². The third-order valence-electron chi connectivity index (χ3n) is 1.82. The van der Waals surface area contributed by atoms with Gasteiger partial charge >= 0.3 is 0 Å². The van der Waals surface area contributed by atoms with Crippen LogP contribution in [0.2, 0.25) is 5.02 Å². The molecule has 0 radical (unpaired) electrons. The molecular formula is C10H10Cl2OS. The zero-order valence-corrected chi connectivity index (χ0v) is 10.2. The molecule has 0 fully saturated rings. The molecular weight excluding hydrogens is 239 g/mol. The van der Waals surface area contributed by atoms with Crippen molar-refractivity contribution in [1.82, 2.24) is 0 Å². The third kappa shape index (κ3) is 2.66. The molecule has 1 aromatic carbocycles. The number of halogens is 2. The Hall–Kier alpha value is -0.180. The van der Waals surface area contributed by atoms with Crippen LogP contribution >= 0.6 is 35.0 Å². The second-order valence-corrected chi connectivity index (χ2v) is 4.58. The molecule has 0 N–H and O–H groups in total. The predicted octanol–water partition coefficient (Wildman–Crippen LogP) is 3.93. The molecule has 1 aromatic rings. The molecule has 0 amide bonds. The summed E-state index contributed by atoms with van der Waals surface area (Å²) < 4.78 is 0. The van der Waals surface area contributed by atoms with Gasteiger partial charge in [-0.2, -0.15) is 0 Å². The van der Waals surface area contributed by atoms with Crippen molar-refractivity contribution < 1.29 is 4.79 Å². The molecule has 0 spiro atoms. The van der Waals surface area contributed by atoms with E-state index in [1.165, 1.54) is 6.92 Å². The van der Waals surface area contributed by atoms with Gasteiger partial charge in [0.15, 0.2) is 5.78 Å². The first-order chi connectivity index (χ1) is 6.56. The fourth-order valence-corrected chi connectivity index (χ4v) is 2.16. The minimum atomic E-state index is -0.601. The van der Waals surface area contributed by atoms with Crippen LogP contribution in [0, 0.1) is 0 Å².